The Morgan fingerprint density at radius 1 is 1.41 bits per heavy atom. The van der Waals surface area contributed by atoms with Crippen molar-refractivity contribution in [3.8, 4) is 11.4 Å². The van der Waals surface area contributed by atoms with Gasteiger partial charge in [-0.2, -0.15) is 0 Å². The number of carbonyl (C=O) groups is 1. The van der Waals surface area contributed by atoms with Crippen LogP contribution in [0.25, 0.3) is 11.4 Å². The zero-order valence-corrected chi connectivity index (χ0v) is 14.2. The van der Waals surface area contributed by atoms with Gasteiger partial charge in [-0.25, -0.2) is 9.78 Å². The Balaban J connectivity index is 1.96. The lowest BCUT2D eigenvalue weighted by Crippen LogP contribution is -2.06. The molecule has 0 bridgehead atoms. The summed E-state index contributed by atoms with van der Waals surface area (Å²) in [6.45, 7) is 8.09. The largest absolute Gasteiger partial charge is 0.462 e. The highest BCUT2D eigenvalue weighted by molar-refractivity contribution is 7.16. The Labute approximate surface area is 134 Å². The Morgan fingerprint density at radius 2 is 2.14 bits per heavy atom. The van der Waals surface area contributed by atoms with E-state index in [0.29, 0.717) is 18.2 Å². The maximum absolute atomic E-state index is 12.1. The van der Waals surface area contributed by atoms with Gasteiger partial charge in [0.1, 0.15) is 5.69 Å². The maximum Gasteiger partial charge on any atom is 0.340 e. The number of rotatable bonds is 5. The van der Waals surface area contributed by atoms with E-state index in [4.69, 9.17) is 9.72 Å². The number of hydrogen-bond donors (Lipinski definition) is 2. The van der Waals surface area contributed by atoms with E-state index >= 15 is 0 Å². The van der Waals surface area contributed by atoms with Crippen LogP contribution in [0.15, 0.2) is 0 Å². The van der Waals surface area contributed by atoms with Gasteiger partial charge < -0.3 is 15.0 Å². The summed E-state index contributed by atoms with van der Waals surface area (Å²) in [6.07, 6.45) is 2.45. The number of H-pyrrole nitrogens is 1. The molecule has 2 aromatic rings. The van der Waals surface area contributed by atoms with Crippen molar-refractivity contribution in [1.82, 2.24) is 9.97 Å². The summed E-state index contributed by atoms with van der Waals surface area (Å²) >= 11 is 1.66. The third-order valence-corrected chi connectivity index (χ3v) is 4.76. The average Bonchev–Trinajstić information content (AvgIpc) is 3.11. The third-order valence-electron chi connectivity index (χ3n) is 3.86. The quantitative estimate of drug-likeness (QED) is 0.822. The molecule has 1 aliphatic carbocycles. The lowest BCUT2D eigenvalue weighted by atomic mass is 10.1. The zero-order valence-electron chi connectivity index (χ0n) is 13.4. The highest BCUT2D eigenvalue weighted by Gasteiger charge is 2.25. The van der Waals surface area contributed by atoms with E-state index < -0.39 is 0 Å². The van der Waals surface area contributed by atoms with Crippen molar-refractivity contribution in [3.63, 3.8) is 0 Å². The van der Waals surface area contributed by atoms with Crippen molar-refractivity contribution < 1.29 is 9.53 Å². The predicted octanol–water partition coefficient (Wildman–Crippen LogP) is 3.81. The summed E-state index contributed by atoms with van der Waals surface area (Å²) in [6, 6.07) is 0.583. The molecule has 0 unspecified atom stereocenters. The molecule has 22 heavy (non-hydrogen) atoms. The fraction of sp³-hybridized carbons (Fsp3) is 0.500. The van der Waals surface area contributed by atoms with E-state index in [9.17, 15) is 4.79 Å². The van der Waals surface area contributed by atoms with Gasteiger partial charge in [0.15, 0.2) is 5.13 Å². The van der Waals surface area contributed by atoms with Crippen molar-refractivity contribution in [2.24, 2.45) is 0 Å². The van der Waals surface area contributed by atoms with E-state index in [2.05, 4.69) is 17.2 Å². The molecule has 2 N–H and O–H groups in total. The summed E-state index contributed by atoms with van der Waals surface area (Å²) in [7, 11) is 0. The molecule has 1 fully saturated rings. The van der Waals surface area contributed by atoms with Crippen LogP contribution in [-0.4, -0.2) is 28.6 Å². The van der Waals surface area contributed by atoms with Crippen LogP contribution in [0.5, 0.6) is 0 Å². The number of aromatic nitrogens is 2. The van der Waals surface area contributed by atoms with Crippen LogP contribution in [0.3, 0.4) is 0 Å². The fourth-order valence-corrected chi connectivity index (χ4v) is 3.49. The predicted molar refractivity (Wildman–Crippen MR) is 88.7 cm³/mol. The van der Waals surface area contributed by atoms with Crippen LogP contribution in [-0.2, 0) is 4.74 Å². The Kier molecular flexibility index (Phi) is 3.95. The van der Waals surface area contributed by atoms with E-state index in [0.717, 1.165) is 32.7 Å². The number of ether oxygens (including phenoxy) is 1. The molecule has 118 valence electrons. The minimum atomic E-state index is -0.274. The van der Waals surface area contributed by atoms with Crippen molar-refractivity contribution in [2.45, 2.75) is 46.6 Å². The van der Waals surface area contributed by atoms with Crippen molar-refractivity contribution in [2.75, 3.05) is 11.9 Å². The standard InChI is InChI=1S/C16H21N3O2S/c1-5-21-15(20)12-8(2)13(17-9(12)3)14-10(4)22-16(19-14)18-11-6-7-11/h11,17H,5-7H2,1-4H3,(H,18,19). The van der Waals surface area contributed by atoms with Gasteiger partial charge in [0, 0.05) is 16.6 Å². The summed E-state index contributed by atoms with van der Waals surface area (Å²) in [4.78, 5) is 21.3. The molecule has 0 spiro atoms. The molecule has 0 amide bonds. The summed E-state index contributed by atoms with van der Waals surface area (Å²) in [5.41, 5.74) is 4.20. The van der Waals surface area contributed by atoms with Gasteiger partial charge in [-0.3, -0.25) is 0 Å². The molecule has 0 aromatic carbocycles. The maximum atomic E-state index is 12.1. The molecule has 0 aliphatic heterocycles. The highest BCUT2D eigenvalue weighted by Crippen LogP contribution is 2.35. The van der Waals surface area contributed by atoms with Crippen LogP contribution in [0.4, 0.5) is 5.13 Å². The molecule has 0 radical (unpaired) electrons. The lowest BCUT2D eigenvalue weighted by Gasteiger charge is -2.02. The second-order valence-electron chi connectivity index (χ2n) is 5.69. The number of nitrogens with zero attached hydrogens (tertiary/aromatic N) is 1. The van der Waals surface area contributed by atoms with Crippen LogP contribution < -0.4 is 5.32 Å². The molecular formula is C16H21N3O2S. The number of carbonyl (C=O) groups excluding carboxylic acids is 1. The summed E-state index contributed by atoms with van der Waals surface area (Å²) in [5.74, 6) is -0.274. The average molecular weight is 319 g/mol. The topological polar surface area (TPSA) is 67.0 Å². The number of esters is 1. The van der Waals surface area contributed by atoms with Gasteiger partial charge in [0.05, 0.1) is 17.9 Å². The fourth-order valence-electron chi connectivity index (χ4n) is 2.59. The number of nitrogens with one attached hydrogen (secondary N) is 2. The molecule has 1 aliphatic rings. The molecule has 0 atom stereocenters. The Morgan fingerprint density at radius 3 is 2.77 bits per heavy atom. The van der Waals surface area contributed by atoms with Crippen LogP contribution >= 0.6 is 11.3 Å². The van der Waals surface area contributed by atoms with Crippen LogP contribution in [0, 0.1) is 20.8 Å². The van der Waals surface area contributed by atoms with Gasteiger partial charge >= 0.3 is 5.97 Å². The van der Waals surface area contributed by atoms with E-state index in [1.807, 2.05) is 20.8 Å². The molecule has 6 heteroatoms. The molecule has 1 saturated carbocycles. The first-order valence-corrected chi connectivity index (χ1v) is 8.43. The molecule has 2 heterocycles. The number of anilines is 1. The minimum absolute atomic E-state index is 0.274. The monoisotopic (exact) mass is 319 g/mol. The molecule has 2 aromatic heterocycles. The SMILES string of the molecule is CCOC(=O)c1c(C)[nH]c(-c2nc(NC3CC3)sc2C)c1C. The van der Waals surface area contributed by atoms with E-state index in [1.165, 1.54) is 12.8 Å². The minimum Gasteiger partial charge on any atom is -0.462 e. The lowest BCUT2D eigenvalue weighted by molar-refractivity contribution is 0.0525. The first-order valence-electron chi connectivity index (χ1n) is 7.61. The first kappa shape index (κ1) is 15.1. The first-order chi connectivity index (χ1) is 10.5. The number of thiazole rings is 1. The van der Waals surface area contributed by atoms with E-state index in [1.54, 1.807) is 11.3 Å². The third kappa shape index (κ3) is 2.75. The van der Waals surface area contributed by atoms with Gasteiger partial charge in [-0.15, -0.1) is 11.3 Å². The van der Waals surface area contributed by atoms with Gasteiger partial charge in [-0.1, -0.05) is 0 Å². The van der Waals surface area contributed by atoms with Gasteiger partial charge in [-0.05, 0) is 46.1 Å². The van der Waals surface area contributed by atoms with Crippen LogP contribution in [0.1, 0.15) is 46.3 Å². The highest BCUT2D eigenvalue weighted by atomic mass is 32.1. The van der Waals surface area contributed by atoms with Crippen LogP contribution in [0.2, 0.25) is 0 Å². The van der Waals surface area contributed by atoms with Gasteiger partial charge in [0.2, 0.25) is 0 Å². The van der Waals surface area contributed by atoms with Crippen molar-refractivity contribution in [3.05, 3.63) is 21.7 Å². The normalized spacial score (nSPS) is 14.2. The number of hydrogen-bond acceptors (Lipinski definition) is 5. The molecule has 5 nitrogen and oxygen atoms in total. The number of aryl methyl sites for hydroxylation is 2. The molecular weight excluding hydrogens is 298 g/mol. The Bertz CT molecular complexity index is 713. The number of aromatic amines is 1. The summed E-state index contributed by atoms with van der Waals surface area (Å²) < 4.78 is 5.15. The molecule has 3 rings (SSSR count). The second kappa shape index (κ2) is 5.76. The smallest absolute Gasteiger partial charge is 0.340 e. The van der Waals surface area contributed by atoms with Crippen molar-refractivity contribution >= 4 is 22.4 Å². The Hall–Kier alpha value is -1.82. The van der Waals surface area contributed by atoms with Gasteiger partial charge in [0.25, 0.3) is 0 Å². The second-order valence-corrected chi connectivity index (χ2v) is 6.89. The molecule has 0 saturated heterocycles. The summed E-state index contributed by atoms with van der Waals surface area (Å²) in [5, 5.41) is 4.39. The van der Waals surface area contributed by atoms with Crippen molar-refractivity contribution in [1.29, 1.82) is 0 Å². The van der Waals surface area contributed by atoms with E-state index in [-0.39, 0.29) is 5.97 Å². The zero-order chi connectivity index (χ0) is 15.9.